The van der Waals surface area contributed by atoms with E-state index >= 15 is 0 Å². The number of cyclic esters (lactones) is 2. The van der Waals surface area contributed by atoms with Crippen LogP contribution in [0.1, 0.15) is 26.7 Å². The highest BCUT2D eigenvalue weighted by Crippen LogP contribution is 2.55. The molecule has 3 rings (SSSR count). The summed E-state index contributed by atoms with van der Waals surface area (Å²) in [7, 11) is 0. The van der Waals surface area contributed by atoms with Crippen LogP contribution in [-0.4, -0.2) is 23.6 Å². The summed E-state index contributed by atoms with van der Waals surface area (Å²) in [5.41, 5.74) is 0.555. The monoisotopic (exact) mass is 222 g/mol. The number of carbonyl (C=O) groups excluding carboxylic acids is 2. The molecule has 4 nitrogen and oxygen atoms in total. The van der Waals surface area contributed by atoms with Crippen LogP contribution < -0.4 is 0 Å². The van der Waals surface area contributed by atoms with E-state index in [0.29, 0.717) is 6.42 Å². The zero-order valence-corrected chi connectivity index (χ0v) is 9.36. The van der Waals surface area contributed by atoms with Gasteiger partial charge in [-0.05, 0) is 18.4 Å². The number of rotatable bonds is 2. The van der Waals surface area contributed by atoms with Gasteiger partial charge in [0.25, 0.3) is 0 Å². The lowest BCUT2D eigenvalue weighted by molar-refractivity contribution is -0.158. The van der Waals surface area contributed by atoms with Crippen molar-refractivity contribution < 1.29 is 19.1 Å². The molecule has 0 aliphatic carbocycles. The quantitative estimate of drug-likeness (QED) is 0.400. The summed E-state index contributed by atoms with van der Waals surface area (Å²) >= 11 is 0. The average Bonchev–Trinajstić information content (AvgIpc) is 2.88. The molecule has 0 amide bonds. The van der Waals surface area contributed by atoms with Crippen molar-refractivity contribution in [3.05, 3.63) is 11.6 Å². The second-order valence-electron chi connectivity index (χ2n) is 4.66. The molecule has 2 fully saturated rings. The lowest BCUT2D eigenvalue weighted by Gasteiger charge is -2.25. The number of hydrogen-bond acceptors (Lipinski definition) is 4. The molecule has 4 atom stereocenters. The van der Waals surface area contributed by atoms with Crippen molar-refractivity contribution in [2.75, 3.05) is 0 Å². The summed E-state index contributed by atoms with van der Waals surface area (Å²) in [4.78, 5) is 23.3. The Morgan fingerprint density at radius 1 is 1.31 bits per heavy atom. The molecular weight excluding hydrogens is 208 g/mol. The topological polar surface area (TPSA) is 52.6 Å². The van der Waals surface area contributed by atoms with E-state index in [1.165, 1.54) is 0 Å². The van der Waals surface area contributed by atoms with Gasteiger partial charge in [-0.3, -0.25) is 9.59 Å². The summed E-state index contributed by atoms with van der Waals surface area (Å²) in [5.74, 6) is -1.63. The third-order valence-electron chi connectivity index (χ3n) is 4.04. The van der Waals surface area contributed by atoms with Gasteiger partial charge >= 0.3 is 11.9 Å². The molecule has 3 aliphatic heterocycles. The maximum Gasteiger partial charge on any atom is 0.320 e. The van der Waals surface area contributed by atoms with E-state index in [-0.39, 0.29) is 6.10 Å². The predicted octanol–water partition coefficient (Wildman–Crippen LogP) is 1.20. The van der Waals surface area contributed by atoms with Gasteiger partial charge in [-0.1, -0.05) is 19.9 Å². The first-order chi connectivity index (χ1) is 7.63. The first-order valence-electron chi connectivity index (χ1n) is 5.78. The first-order valence-corrected chi connectivity index (χ1v) is 5.78. The number of carbonyl (C=O) groups is 2. The molecule has 2 bridgehead atoms. The molecule has 2 unspecified atom stereocenters. The zero-order chi connectivity index (χ0) is 11.5. The maximum absolute atomic E-state index is 11.7. The van der Waals surface area contributed by atoms with E-state index < -0.39 is 29.4 Å². The highest BCUT2D eigenvalue weighted by atomic mass is 16.6. The van der Waals surface area contributed by atoms with Crippen LogP contribution in [0.25, 0.3) is 0 Å². The minimum absolute atomic E-state index is 0.228. The fourth-order valence-electron chi connectivity index (χ4n) is 3.23. The Balaban J connectivity index is 2.10. The SMILES string of the molecule is CCC1=C[C@]2(CC)O[C@H]1C1C(=O)OC(=O)C12. The minimum Gasteiger partial charge on any atom is -0.393 e. The standard InChI is InChI=1S/C12H14O4/c1-3-6-5-12(4-2)8-7(9(6)16-12)10(13)15-11(8)14/h5,7-9H,3-4H2,1-2H3/t7?,8?,9-,12+/m1/s1. The summed E-state index contributed by atoms with van der Waals surface area (Å²) in [6.45, 7) is 4.01. The zero-order valence-electron chi connectivity index (χ0n) is 9.36. The van der Waals surface area contributed by atoms with Gasteiger partial charge in [-0.15, -0.1) is 0 Å². The molecule has 0 radical (unpaired) electrons. The average molecular weight is 222 g/mol. The lowest BCUT2D eigenvalue weighted by atomic mass is 9.73. The van der Waals surface area contributed by atoms with E-state index in [0.717, 1.165) is 12.0 Å². The molecule has 0 spiro atoms. The van der Waals surface area contributed by atoms with E-state index in [4.69, 9.17) is 9.47 Å². The van der Waals surface area contributed by atoms with Gasteiger partial charge in [0.2, 0.25) is 0 Å². The van der Waals surface area contributed by atoms with Crippen molar-refractivity contribution in [1.82, 2.24) is 0 Å². The van der Waals surface area contributed by atoms with Crippen LogP contribution >= 0.6 is 0 Å². The Morgan fingerprint density at radius 3 is 2.69 bits per heavy atom. The molecule has 4 heteroatoms. The van der Waals surface area contributed by atoms with Crippen molar-refractivity contribution in [1.29, 1.82) is 0 Å². The van der Waals surface area contributed by atoms with Gasteiger partial charge in [-0.25, -0.2) is 0 Å². The molecule has 16 heavy (non-hydrogen) atoms. The molecule has 0 N–H and O–H groups in total. The summed E-state index contributed by atoms with van der Waals surface area (Å²) < 4.78 is 10.6. The summed E-state index contributed by atoms with van der Waals surface area (Å²) in [6, 6.07) is 0. The van der Waals surface area contributed by atoms with Crippen LogP contribution in [0.2, 0.25) is 0 Å². The van der Waals surface area contributed by atoms with Crippen LogP contribution in [0.4, 0.5) is 0 Å². The summed E-state index contributed by atoms with van der Waals surface area (Å²) in [5, 5.41) is 0. The number of fused-ring (bicyclic) bond motifs is 5. The Hall–Kier alpha value is -1.16. The Labute approximate surface area is 93.6 Å². The second kappa shape index (κ2) is 2.94. The maximum atomic E-state index is 11.7. The molecule has 2 saturated heterocycles. The van der Waals surface area contributed by atoms with Crippen molar-refractivity contribution in [2.24, 2.45) is 11.8 Å². The summed E-state index contributed by atoms with van der Waals surface area (Å²) in [6.07, 6.45) is 3.38. The van der Waals surface area contributed by atoms with Crippen molar-refractivity contribution >= 4 is 11.9 Å². The van der Waals surface area contributed by atoms with Crippen LogP contribution in [0.3, 0.4) is 0 Å². The van der Waals surface area contributed by atoms with Crippen LogP contribution in [0.15, 0.2) is 11.6 Å². The van der Waals surface area contributed by atoms with Crippen LogP contribution in [0.5, 0.6) is 0 Å². The minimum atomic E-state index is -0.579. The Morgan fingerprint density at radius 2 is 2.06 bits per heavy atom. The fraction of sp³-hybridized carbons (Fsp3) is 0.667. The highest BCUT2D eigenvalue weighted by molar-refractivity contribution is 5.99. The first kappa shape index (κ1) is 10.0. The van der Waals surface area contributed by atoms with Crippen LogP contribution in [-0.2, 0) is 19.1 Å². The van der Waals surface area contributed by atoms with Gasteiger partial charge in [0, 0.05) is 0 Å². The lowest BCUT2D eigenvalue weighted by Crippen LogP contribution is -2.37. The van der Waals surface area contributed by atoms with Gasteiger partial charge in [0.15, 0.2) is 0 Å². The van der Waals surface area contributed by atoms with Crippen LogP contribution in [0, 0.1) is 11.8 Å². The molecule has 0 aromatic rings. The van der Waals surface area contributed by atoms with Crippen molar-refractivity contribution in [3.8, 4) is 0 Å². The highest BCUT2D eigenvalue weighted by Gasteiger charge is 2.67. The molecule has 3 aliphatic rings. The van der Waals surface area contributed by atoms with E-state index in [9.17, 15) is 9.59 Å². The number of hydrogen-bond donors (Lipinski definition) is 0. The van der Waals surface area contributed by atoms with Gasteiger partial charge in [0.1, 0.15) is 17.4 Å². The molecular formula is C12H14O4. The normalized spacial score (nSPS) is 44.6. The fourth-order valence-corrected chi connectivity index (χ4v) is 3.23. The molecule has 3 heterocycles. The third-order valence-corrected chi connectivity index (χ3v) is 4.04. The van der Waals surface area contributed by atoms with Crippen molar-refractivity contribution in [3.63, 3.8) is 0 Å². The predicted molar refractivity (Wildman–Crippen MR) is 54.3 cm³/mol. The number of esters is 2. The van der Waals surface area contributed by atoms with Gasteiger partial charge in [0.05, 0.1) is 6.10 Å². The molecule has 0 saturated carbocycles. The van der Waals surface area contributed by atoms with Gasteiger partial charge in [-0.2, -0.15) is 0 Å². The van der Waals surface area contributed by atoms with E-state index in [2.05, 4.69) is 0 Å². The van der Waals surface area contributed by atoms with E-state index in [1.54, 1.807) is 0 Å². The Kier molecular flexibility index (Phi) is 1.84. The van der Waals surface area contributed by atoms with E-state index in [1.807, 2.05) is 19.9 Å². The molecule has 86 valence electrons. The number of ether oxygens (including phenoxy) is 2. The molecule has 0 aromatic carbocycles. The third kappa shape index (κ3) is 0.937. The smallest absolute Gasteiger partial charge is 0.320 e. The second-order valence-corrected chi connectivity index (χ2v) is 4.66. The van der Waals surface area contributed by atoms with Gasteiger partial charge < -0.3 is 9.47 Å². The molecule has 0 aromatic heterocycles. The Bertz CT molecular complexity index is 411. The van der Waals surface area contributed by atoms with Crippen molar-refractivity contribution in [2.45, 2.75) is 38.4 Å². The largest absolute Gasteiger partial charge is 0.393 e.